The van der Waals surface area contributed by atoms with Crippen LogP contribution in [0.3, 0.4) is 0 Å². The Morgan fingerprint density at radius 1 is 1.32 bits per heavy atom. The largest absolute Gasteiger partial charge is 0.485 e. The Kier molecular flexibility index (Phi) is 6.45. The van der Waals surface area contributed by atoms with Crippen molar-refractivity contribution >= 4 is 18.3 Å². The molecule has 1 atom stereocenters. The van der Waals surface area contributed by atoms with Crippen LogP contribution in [0.5, 0.6) is 11.5 Å². The molecule has 19 heavy (non-hydrogen) atoms. The SMILES string of the molecule is CCNCCNC(=O)C1COc2ccccc2O1.Cl. The molecule has 1 amide bonds. The number of carbonyl (C=O) groups excluding carboxylic acids is 1. The summed E-state index contributed by atoms with van der Waals surface area (Å²) in [5, 5.41) is 5.95. The van der Waals surface area contributed by atoms with Crippen molar-refractivity contribution in [2.75, 3.05) is 26.2 Å². The van der Waals surface area contributed by atoms with Gasteiger partial charge in [0, 0.05) is 13.1 Å². The minimum Gasteiger partial charge on any atom is -0.485 e. The summed E-state index contributed by atoms with van der Waals surface area (Å²) in [7, 11) is 0. The summed E-state index contributed by atoms with van der Waals surface area (Å²) in [5.41, 5.74) is 0. The van der Waals surface area contributed by atoms with E-state index in [1.165, 1.54) is 0 Å². The van der Waals surface area contributed by atoms with Crippen LogP contribution in [0, 0.1) is 0 Å². The molecule has 0 fully saturated rings. The highest BCUT2D eigenvalue weighted by molar-refractivity contribution is 5.85. The van der Waals surface area contributed by atoms with Crippen LogP contribution in [-0.4, -0.2) is 38.3 Å². The van der Waals surface area contributed by atoms with Crippen LogP contribution >= 0.6 is 12.4 Å². The average Bonchev–Trinajstić information content (AvgIpc) is 2.43. The highest BCUT2D eigenvalue weighted by Gasteiger charge is 2.26. The monoisotopic (exact) mass is 286 g/mol. The quantitative estimate of drug-likeness (QED) is 0.792. The smallest absolute Gasteiger partial charge is 0.264 e. The number of nitrogens with one attached hydrogen (secondary N) is 2. The lowest BCUT2D eigenvalue weighted by atomic mass is 10.2. The van der Waals surface area contributed by atoms with Gasteiger partial charge in [-0.15, -0.1) is 12.4 Å². The van der Waals surface area contributed by atoms with E-state index in [0.29, 0.717) is 18.0 Å². The van der Waals surface area contributed by atoms with Gasteiger partial charge in [-0.2, -0.15) is 0 Å². The molecular formula is C13H19ClN2O3. The summed E-state index contributed by atoms with van der Waals surface area (Å²) < 4.78 is 11.1. The average molecular weight is 287 g/mol. The maximum atomic E-state index is 11.8. The minimum atomic E-state index is -0.568. The van der Waals surface area contributed by atoms with Crippen molar-refractivity contribution in [1.82, 2.24) is 10.6 Å². The summed E-state index contributed by atoms with van der Waals surface area (Å²) in [5.74, 6) is 1.17. The number of hydrogen-bond acceptors (Lipinski definition) is 4. The Hall–Kier alpha value is -1.46. The van der Waals surface area contributed by atoms with Crippen molar-refractivity contribution < 1.29 is 14.3 Å². The number of para-hydroxylation sites is 2. The summed E-state index contributed by atoms with van der Waals surface area (Å²) in [6, 6.07) is 7.36. The zero-order valence-electron chi connectivity index (χ0n) is 10.8. The van der Waals surface area contributed by atoms with E-state index in [1.54, 1.807) is 6.07 Å². The topological polar surface area (TPSA) is 59.6 Å². The summed E-state index contributed by atoms with van der Waals surface area (Å²) in [4.78, 5) is 11.8. The van der Waals surface area contributed by atoms with Crippen molar-refractivity contribution in [2.45, 2.75) is 13.0 Å². The van der Waals surface area contributed by atoms with E-state index >= 15 is 0 Å². The van der Waals surface area contributed by atoms with Gasteiger partial charge in [-0.3, -0.25) is 4.79 Å². The number of halogens is 1. The Morgan fingerprint density at radius 2 is 2.05 bits per heavy atom. The lowest BCUT2D eigenvalue weighted by Crippen LogP contribution is -2.45. The van der Waals surface area contributed by atoms with Crippen LogP contribution in [-0.2, 0) is 4.79 Å². The first-order valence-corrected chi connectivity index (χ1v) is 6.18. The zero-order valence-corrected chi connectivity index (χ0v) is 11.7. The number of hydrogen-bond donors (Lipinski definition) is 2. The van der Waals surface area contributed by atoms with E-state index in [4.69, 9.17) is 9.47 Å². The Bertz CT molecular complexity index is 415. The third kappa shape index (κ3) is 4.29. The van der Waals surface area contributed by atoms with Gasteiger partial charge in [-0.25, -0.2) is 0 Å². The maximum Gasteiger partial charge on any atom is 0.264 e. The summed E-state index contributed by atoms with van der Waals surface area (Å²) >= 11 is 0. The van der Waals surface area contributed by atoms with Crippen LogP contribution in [0.1, 0.15) is 6.92 Å². The van der Waals surface area contributed by atoms with Crippen LogP contribution in [0.2, 0.25) is 0 Å². The molecule has 1 aromatic carbocycles. The second kappa shape index (κ2) is 7.86. The number of amides is 1. The summed E-state index contributed by atoms with van der Waals surface area (Å²) in [6.45, 7) is 4.52. The minimum absolute atomic E-state index is 0. The molecule has 1 aliphatic rings. The van der Waals surface area contributed by atoms with Gasteiger partial charge in [0.05, 0.1) is 0 Å². The van der Waals surface area contributed by atoms with E-state index < -0.39 is 6.10 Å². The molecule has 0 spiro atoms. The molecule has 6 heteroatoms. The number of carbonyl (C=O) groups is 1. The standard InChI is InChI=1S/C13H18N2O3.ClH/c1-2-14-7-8-15-13(16)12-9-17-10-5-3-4-6-11(10)18-12;/h3-6,12,14H,2,7-9H2,1H3,(H,15,16);1H. The van der Waals surface area contributed by atoms with E-state index in [2.05, 4.69) is 10.6 Å². The van der Waals surface area contributed by atoms with E-state index in [0.717, 1.165) is 13.1 Å². The third-order valence-electron chi connectivity index (χ3n) is 2.65. The van der Waals surface area contributed by atoms with Gasteiger partial charge in [0.25, 0.3) is 5.91 Å². The zero-order chi connectivity index (χ0) is 12.8. The molecule has 0 bridgehead atoms. The highest BCUT2D eigenvalue weighted by atomic mass is 35.5. The molecule has 0 aromatic heterocycles. The fraction of sp³-hybridized carbons (Fsp3) is 0.462. The third-order valence-corrected chi connectivity index (χ3v) is 2.65. The van der Waals surface area contributed by atoms with Crippen molar-refractivity contribution in [2.24, 2.45) is 0 Å². The number of benzene rings is 1. The lowest BCUT2D eigenvalue weighted by Gasteiger charge is -2.25. The molecule has 5 nitrogen and oxygen atoms in total. The van der Waals surface area contributed by atoms with Crippen molar-refractivity contribution in [3.05, 3.63) is 24.3 Å². The molecule has 2 rings (SSSR count). The molecule has 0 saturated heterocycles. The van der Waals surface area contributed by atoms with Crippen molar-refractivity contribution in [1.29, 1.82) is 0 Å². The number of fused-ring (bicyclic) bond motifs is 1. The van der Waals surface area contributed by atoms with Crippen molar-refractivity contribution in [3.8, 4) is 11.5 Å². The van der Waals surface area contributed by atoms with Gasteiger partial charge in [-0.1, -0.05) is 19.1 Å². The van der Waals surface area contributed by atoms with Crippen molar-refractivity contribution in [3.63, 3.8) is 0 Å². The van der Waals surface area contributed by atoms with Crippen LogP contribution in [0.25, 0.3) is 0 Å². The highest BCUT2D eigenvalue weighted by Crippen LogP contribution is 2.30. The normalized spacial score (nSPS) is 16.4. The molecule has 1 aliphatic heterocycles. The maximum absolute atomic E-state index is 11.8. The molecule has 2 N–H and O–H groups in total. The molecular weight excluding hydrogens is 268 g/mol. The van der Waals surface area contributed by atoms with Gasteiger partial charge in [0.15, 0.2) is 11.5 Å². The Morgan fingerprint density at radius 3 is 2.79 bits per heavy atom. The Labute approximate surface area is 119 Å². The molecule has 0 aliphatic carbocycles. The second-order valence-electron chi connectivity index (χ2n) is 4.01. The summed E-state index contributed by atoms with van der Waals surface area (Å²) in [6.07, 6.45) is -0.568. The fourth-order valence-electron chi connectivity index (χ4n) is 1.71. The van der Waals surface area contributed by atoms with E-state index in [-0.39, 0.29) is 24.9 Å². The Balaban J connectivity index is 0.00000180. The molecule has 106 valence electrons. The van der Waals surface area contributed by atoms with Gasteiger partial charge in [0.2, 0.25) is 6.10 Å². The first-order chi connectivity index (χ1) is 8.81. The number of rotatable bonds is 5. The first-order valence-electron chi connectivity index (χ1n) is 6.18. The fourth-order valence-corrected chi connectivity index (χ4v) is 1.71. The number of ether oxygens (including phenoxy) is 2. The van der Waals surface area contributed by atoms with Gasteiger partial charge in [0.1, 0.15) is 6.61 Å². The molecule has 1 unspecified atom stereocenters. The molecule has 1 aromatic rings. The predicted octanol–water partition coefficient (Wildman–Crippen LogP) is 0.974. The van der Waals surface area contributed by atoms with Crippen LogP contribution in [0.4, 0.5) is 0 Å². The lowest BCUT2D eigenvalue weighted by molar-refractivity contribution is -0.130. The number of likely N-dealkylation sites (N-methyl/N-ethyl adjacent to an activating group) is 1. The molecule has 0 radical (unpaired) electrons. The van der Waals surface area contributed by atoms with Crippen LogP contribution < -0.4 is 20.1 Å². The molecule has 1 heterocycles. The van der Waals surface area contributed by atoms with Gasteiger partial charge >= 0.3 is 0 Å². The van der Waals surface area contributed by atoms with Gasteiger partial charge in [-0.05, 0) is 18.7 Å². The van der Waals surface area contributed by atoms with Crippen LogP contribution in [0.15, 0.2) is 24.3 Å². The predicted molar refractivity (Wildman–Crippen MR) is 75.2 cm³/mol. The van der Waals surface area contributed by atoms with E-state index in [9.17, 15) is 4.79 Å². The second-order valence-corrected chi connectivity index (χ2v) is 4.01. The van der Waals surface area contributed by atoms with Gasteiger partial charge < -0.3 is 20.1 Å². The first kappa shape index (κ1) is 15.6. The van der Waals surface area contributed by atoms with E-state index in [1.807, 2.05) is 25.1 Å². The molecule has 0 saturated carbocycles.